The van der Waals surface area contributed by atoms with Crippen LogP contribution >= 0.6 is 0 Å². The summed E-state index contributed by atoms with van der Waals surface area (Å²) in [6, 6.07) is 13.8. The molecule has 33 heavy (non-hydrogen) atoms. The Bertz CT molecular complexity index is 960. The Kier molecular flexibility index (Phi) is 8.06. The van der Waals surface area contributed by atoms with Gasteiger partial charge >= 0.3 is 12.1 Å². The maximum Gasteiger partial charge on any atom is 0.407 e. The number of fused-ring (bicyclic) bond motifs is 3. The van der Waals surface area contributed by atoms with Crippen LogP contribution in [0.5, 0.6) is 0 Å². The highest BCUT2D eigenvalue weighted by Gasteiger charge is 2.31. The minimum atomic E-state index is -1.25. The number of aliphatic carboxylic acids is 1. The largest absolute Gasteiger partial charge is 0.480 e. The molecule has 0 fully saturated rings. The number of amides is 2. The third-order valence-corrected chi connectivity index (χ3v) is 5.69. The van der Waals surface area contributed by atoms with E-state index in [1.807, 2.05) is 62.4 Å². The zero-order valence-electron chi connectivity index (χ0n) is 18.8. The molecule has 0 spiro atoms. The van der Waals surface area contributed by atoms with Crippen molar-refractivity contribution in [3.63, 3.8) is 0 Å². The lowest BCUT2D eigenvalue weighted by Crippen LogP contribution is -2.52. The average molecular weight is 455 g/mol. The maximum atomic E-state index is 12.7. The van der Waals surface area contributed by atoms with Gasteiger partial charge in [0.25, 0.3) is 0 Å². The number of aliphatic hydroxyl groups is 1. The minimum Gasteiger partial charge on any atom is -0.480 e. The molecular weight excluding hydrogens is 424 g/mol. The number of carbonyl (C=O) groups excluding carboxylic acids is 2. The number of benzene rings is 2. The van der Waals surface area contributed by atoms with Gasteiger partial charge in [-0.05, 0) is 34.6 Å². The van der Waals surface area contributed by atoms with E-state index < -0.39 is 30.1 Å². The van der Waals surface area contributed by atoms with Gasteiger partial charge in [0.15, 0.2) is 0 Å². The number of carboxylic acids is 1. The monoisotopic (exact) mass is 454 g/mol. The molecule has 3 rings (SSSR count). The fourth-order valence-corrected chi connectivity index (χ4v) is 4.14. The first-order chi connectivity index (χ1) is 15.8. The zero-order valence-corrected chi connectivity index (χ0v) is 18.8. The van der Waals surface area contributed by atoms with E-state index >= 15 is 0 Å². The molecule has 1 aliphatic rings. The molecule has 0 saturated carbocycles. The van der Waals surface area contributed by atoms with Crippen LogP contribution in [0.25, 0.3) is 11.1 Å². The first kappa shape index (κ1) is 24.3. The second-order valence-corrected chi connectivity index (χ2v) is 8.56. The van der Waals surface area contributed by atoms with Crippen LogP contribution < -0.4 is 10.6 Å². The predicted octanol–water partition coefficient (Wildman–Crippen LogP) is 2.89. The van der Waals surface area contributed by atoms with Crippen LogP contribution in [-0.2, 0) is 14.3 Å². The van der Waals surface area contributed by atoms with Crippen LogP contribution in [0.2, 0.25) is 0 Å². The third-order valence-electron chi connectivity index (χ3n) is 5.69. The lowest BCUT2D eigenvalue weighted by molar-refractivity contribution is -0.142. The number of hydrogen-bond donors (Lipinski definition) is 4. The van der Waals surface area contributed by atoms with E-state index in [4.69, 9.17) is 9.84 Å². The summed E-state index contributed by atoms with van der Waals surface area (Å²) in [4.78, 5) is 36.6. The van der Waals surface area contributed by atoms with E-state index in [0.29, 0.717) is 6.42 Å². The molecule has 176 valence electrons. The molecule has 0 aliphatic heterocycles. The summed E-state index contributed by atoms with van der Waals surface area (Å²) < 4.78 is 5.52. The molecule has 1 aliphatic carbocycles. The molecule has 0 saturated heterocycles. The van der Waals surface area contributed by atoms with E-state index in [2.05, 4.69) is 10.6 Å². The molecule has 2 aromatic carbocycles. The smallest absolute Gasteiger partial charge is 0.407 e. The second-order valence-electron chi connectivity index (χ2n) is 8.56. The standard InChI is InChI=1S/C25H30N2O6/c1-15(2)13-22(23(29)26-21(11-12-28)24(30)31)27-25(32)33-14-20-18-9-5-3-7-16(18)17-8-4-6-10-19(17)20/h3-10,15,20-22,28H,11-14H2,1-2H3,(H,26,29)(H,27,32)(H,30,31)/t21-,22+/m0/s1. The van der Waals surface area contributed by atoms with E-state index in [9.17, 15) is 19.5 Å². The summed E-state index contributed by atoms with van der Waals surface area (Å²) in [5.74, 6) is -1.92. The first-order valence-corrected chi connectivity index (χ1v) is 11.1. The maximum absolute atomic E-state index is 12.7. The molecule has 8 nitrogen and oxygen atoms in total. The molecule has 0 unspecified atom stereocenters. The number of hydrogen-bond acceptors (Lipinski definition) is 5. The number of carbonyl (C=O) groups is 3. The van der Waals surface area contributed by atoms with E-state index in [1.165, 1.54) is 0 Å². The highest BCUT2D eigenvalue weighted by atomic mass is 16.5. The normalized spacial score (nSPS) is 14.2. The van der Waals surface area contributed by atoms with E-state index in [0.717, 1.165) is 22.3 Å². The topological polar surface area (TPSA) is 125 Å². The van der Waals surface area contributed by atoms with Crippen LogP contribution in [0.4, 0.5) is 4.79 Å². The van der Waals surface area contributed by atoms with Gasteiger partial charge < -0.3 is 25.6 Å². The Balaban J connectivity index is 1.66. The molecule has 2 aromatic rings. The Morgan fingerprint density at radius 1 is 0.939 bits per heavy atom. The summed E-state index contributed by atoms with van der Waals surface area (Å²) in [7, 11) is 0. The third kappa shape index (κ3) is 5.90. The summed E-state index contributed by atoms with van der Waals surface area (Å²) in [6.07, 6.45) is -0.561. The lowest BCUT2D eigenvalue weighted by atomic mass is 9.98. The van der Waals surface area contributed by atoms with Gasteiger partial charge in [0.1, 0.15) is 18.7 Å². The van der Waals surface area contributed by atoms with Crippen molar-refractivity contribution < 1.29 is 29.3 Å². The number of ether oxygens (including phenoxy) is 1. The SMILES string of the molecule is CC(C)C[C@@H](NC(=O)OCC1c2ccccc2-c2ccccc21)C(=O)N[C@@H](CCO)C(=O)O. The van der Waals surface area contributed by atoms with Crippen molar-refractivity contribution in [1.29, 1.82) is 0 Å². The molecule has 2 atom stereocenters. The van der Waals surface area contributed by atoms with Gasteiger partial charge in [0.2, 0.25) is 5.91 Å². The molecular formula is C25H30N2O6. The molecule has 8 heteroatoms. The Labute approximate surface area is 193 Å². The van der Waals surface area contributed by atoms with Crippen LogP contribution in [-0.4, -0.2) is 53.5 Å². The van der Waals surface area contributed by atoms with Crippen LogP contribution in [0.15, 0.2) is 48.5 Å². The summed E-state index contributed by atoms with van der Waals surface area (Å²) in [5, 5.41) is 23.2. The van der Waals surface area contributed by atoms with Crippen molar-refractivity contribution in [2.24, 2.45) is 5.92 Å². The molecule has 0 heterocycles. The molecule has 0 bridgehead atoms. The minimum absolute atomic E-state index is 0.0655. The lowest BCUT2D eigenvalue weighted by Gasteiger charge is -2.23. The average Bonchev–Trinajstić information content (AvgIpc) is 3.10. The molecule has 2 amide bonds. The van der Waals surface area contributed by atoms with Crippen molar-refractivity contribution in [1.82, 2.24) is 10.6 Å². The Morgan fingerprint density at radius 2 is 1.52 bits per heavy atom. The number of aliphatic hydroxyl groups excluding tert-OH is 1. The van der Waals surface area contributed by atoms with Crippen LogP contribution in [0.1, 0.15) is 43.7 Å². The summed E-state index contributed by atoms with van der Waals surface area (Å²) >= 11 is 0. The number of rotatable bonds is 10. The van der Waals surface area contributed by atoms with Gasteiger partial charge in [-0.15, -0.1) is 0 Å². The number of nitrogens with one attached hydrogen (secondary N) is 2. The van der Waals surface area contributed by atoms with Gasteiger partial charge in [-0.25, -0.2) is 9.59 Å². The van der Waals surface area contributed by atoms with Crippen LogP contribution in [0.3, 0.4) is 0 Å². The van der Waals surface area contributed by atoms with Crippen molar-refractivity contribution in [3.8, 4) is 11.1 Å². The quantitative estimate of drug-likeness (QED) is 0.438. The summed E-state index contributed by atoms with van der Waals surface area (Å²) in [6.45, 7) is 3.51. The van der Waals surface area contributed by atoms with Crippen molar-refractivity contribution >= 4 is 18.0 Å². The zero-order chi connectivity index (χ0) is 24.0. The van der Waals surface area contributed by atoms with E-state index in [1.54, 1.807) is 0 Å². The van der Waals surface area contributed by atoms with Crippen LogP contribution in [0, 0.1) is 5.92 Å². The Morgan fingerprint density at radius 3 is 2.03 bits per heavy atom. The highest BCUT2D eigenvalue weighted by molar-refractivity contribution is 5.89. The Hall–Kier alpha value is -3.39. The van der Waals surface area contributed by atoms with Gasteiger partial charge in [0.05, 0.1) is 0 Å². The van der Waals surface area contributed by atoms with Crippen molar-refractivity contribution in [3.05, 3.63) is 59.7 Å². The molecule has 0 aromatic heterocycles. The number of alkyl carbamates (subject to hydrolysis) is 1. The predicted molar refractivity (Wildman–Crippen MR) is 123 cm³/mol. The second kappa shape index (κ2) is 11.0. The summed E-state index contributed by atoms with van der Waals surface area (Å²) in [5.41, 5.74) is 4.39. The molecule has 0 radical (unpaired) electrons. The van der Waals surface area contributed by atoms with Gasteiger partial charge in [0, 0.05) is 18.9 Å². The van der Waals surface area contributed by atoms with Crippen molar-refractivity contribution in [2.75, 3.05) is 13.2 Å². The highest BCUT2D eigenvalue weighted by Crippen LogP contribution is 2.44. The van der Waals surface area contributed by atoms with Gasteiger partial charge in [-0.2, -0.15) is 0 Å². The van der Waals surface area contributed by atoms with Gasteiger partial charge in [-0.3, -0.25) is 4.79 Å². The van der Waals surface area contributed by atoms with Gasteiger partial charge in [-0.1, -0.05) is 62.4 Å². The van der Waals surface area contributed by atoms with E-state index in [-0.39, 0.29) is 31.5 Å². The number of carboxylic acid groups (broad SMARTS) is 1. The fraction of sp³-hybridized carbons (Fsp3) is 0.400. The van der Waals surface area contributed by atoms with Crippen molar-refractivity contribution in [2.45, 2.75) is 44.7 Å². The fourth-order valence-electron chi connectivity index (χ4n) is 4.14. The first-order valence-electron chi connectivity index (χ1n) is 11.1. The molecule has 4 N–H and O–H groups in total.